The zero-order chi connectivity index (χ0) is 40.1. The molecule has 3 aliphatic rings. The Hall–Kier alpha value is -5.79. The van der Waals surface area contributed by atoms with E-state index in [-0.39, 0.29) is 29.4 Å². The van der Waals surface area contributed by atoms with Gasteiger partial charge in [0, 0.05) is 43.8 Å². The molecule has 0 bridgehead atoms. The first-order valence-corrected chi connectivity index (χ1v) is 20.4. The zero-order valence-electron chi connectivity index (χ0n) is 31.8. The molecule has 3 fully saturated rings. The smallest absolute Gasteiger partial charge is 0.271 e. The van der Waals surface area contributed by atoms with E-state index < -0.39 is 11.8 Å². The number of primary amides is 2. The summed E-state index contributed by atoms with van der Waals surface area (Å²) in [5.74, 6) is 1.30. The van der Waals surface area contributed by atoms with Gasteiger partial charge in [-0.1, -0.05) is 12.1 Å². The maximum Gasteiger partial charge on any atom is 0.271 e. The van der Waals surface area contributed by atoms with Crippen LogP contribution in [0.25, 0.3) is 0 Å². The molecule has 0 unspecified atom stereocenters. The highest BCUT2D eigenvalue weighted by Crippen LogP contribution is 2.40. The minimum Gasteiger partial charge on any atom is -0.364 e. The van der Waals surface area contributed by atoms with Gasteiger partial charge in [-0.25, -0.2) is 19.9 Å². The molecule has 1 aromatic carbocycles. The van der Waals surface area contributed by atoms with Crippen LogP contribution in [0.3, 0.4) is 0 Å². The van der Waals surface area contributed by atoms with Crippen LogP contribution in [0.15, 0.2) is 48.8 Å². The Morgan fingerprint density at radius 1 is 0.737 bits per heavy atom. The fourth-order valence-corrected chi connectivity index (χ4v) is 8.11. The summed E-state index contributed by atoms with van der Waals surface area (Å²) in [4.78, 5) is 58.1. The third-order valence-corrected chi connectivity index (χ3v) is 11.4. The van der Waals surface area contributed by atoms with Gasteiger partial charge in [-0.2, -0.15) is 8.75 Å². The second kappa shape index (κ2) is 17.6. The van der Waals surface area contributed by atoms with E-state index in [2.05, 4.69) is 66.6 Å². The number of benzene rings is 1. The van der Waals surface area contributed by atoms with E-state index in [9.17, 15) is 14.4 Å². The van der Waals surface area contributed by atoms with E-state index in [1.54, 1.807) is 12.4 Å². The number of nitrogens with two attached hydrogens (primary N) is 3. The van der Waals surface area contributed by atoms with Crippen LogP contribution in [0.1, 0.15) is 92.7 Å². The number of hydrogen-bond donors (Lipinski definition) is 6. The summed E-state index contributed by atoms with van der Waals surface area (Å²) in [6, 6.07) is 11.8. The molecule has 1 saturated carbocycles. The van der Waals surface area contributed by atoms with E-state index in [0.29, 0.717) is 41.3 Å². The van der Waals surface area contributed by atoms with E-state index >= 15 is 0 Å². The summed E-state index contributed by atoms with van der Waals surface area (Å²) >= 11 is 2.57. The molecule has 2 saturated heterocycles. The van der Waals surface area contributed by atoms with Gasteiger partial charge < -0.3 is 43.0 Å². The lowest BCUT2D eigenvalue weighted by atomic mass is 10.0. The summed E-state index contributed by atoms with van der Waals surface area (Å²) in [6.45, 7) is 6.78. The molecule has 8 rings (SSSR count). The third kappa shape index (κ3) is 10.2. The van der Waals surface area contributed by atoms with Crippen molar-refractivity contribution in [2.45, 2.75) is 70.4 Å². The van der Waals surface area contributed by atoms with Crippen molar-refractivity contribution < 1.29 is 14.4 Å². The first-order chi connectivity index (χ1) is 27.5. The summed E-state index contributed by atoms with van der Waals surface area (Å²) in [7, 11) is 0. The van der Waals surface area contributed by atoms with E-state index in [1.165, 1.54) is 41.5 Å². The Balaban J connectivity index is 0.000000188. The van der Waals surface area contributed by atoms with Crippen LogP contribution in [0.5, 0.6) is 0 Å². The van der Waals surface area contributed by atoms with Gasteiger partial charge in [0.15, 0.2) is 23.0 Å². The SMILES string of the molecule is Cc1cc(Nc2nc(N3CCC[C@@H](N)C3)cnc2C(N)=O)sn1.Cc1cc(Nc2nc(N3CCC[C@@H](NC(=O)c4ccc(C5CC5)cc4)C3)cnc2C(N)=O)sn1. The van der Waals surface area contributed by atoms with Crippen molar-refractivity contribution in [3.63, 3.8) is 0 Å². The van der Waals surface area contributed by atoms with Crippen molar-refractivity contribution in [2.75, 3.05) is 46.6 Å². The van der Waals surface area contributed by atoms with Crippen LogP contribution in [-0.2, 0) is 0 Å². The molecular weight excluding hydrogens is 765 g/mol. The van der Waals surface area contributed by atoms with Gasteiger partial charge in [0.05, 0.1) is 23.8 Å². The predicted molar refractivity (Wildman–Crippen MR) is 222 cm³/mol. The Labute approximate surface area is 338 Å². The Bertz CT molecular complexity index is 2220. The van der Waals surface area contributed by atoms with E-state index in [4.69, 9.17) is 17.2 Å². The number of piperidine rings is 2. The highest BCUT2D eigenvalue weighted by atomic mass is 32.1. The Morgan fingerprint density at radius 2 is 1.26 bits per heavy atom. The van der Waals surface area contributed by atoms with Gasteiger partial charge in [0.1, 0.15) is 21.6 Å². The minimum absolute atomic E-state index is 0.0115. The molecule has 2 aliphatic heterocycles. The van der Waals surface area contributed by atoms with Crippen molar-refractivity contribution >= 4 is 74.1 Å². The van der Waals surface area contributed by atoms with Gasteiger partial charge in [0.25, 0.3) is 17.7 Å². The van der Waals surface area contributed by atoms with Crippen LogP contribution in [0.4, 0.5) is 33.3 Å². The molecule has 4 aromatic heterocycles. The molecule has 57 heavy (non-hydrogen) atoms. The van der Waals surface area contributed by atoms with Crippen molar-refractivity contribution in [3.05, 3.63) is 82.7 Å². The lowest BCUT2D eigenvalue weighted by Gasteiger charge is -2.34. The van der Waals surface area contributed by atoms with Gasteiger partial charge in [-0.05, 0) is 111 Å². The van der Waals surface area contributed by atoms with Crippen molar-refractivity contribution in [1.29, 1.82) is 0 Å². The molecule has 298 valence electrons. The molecule has 3 amide bonds. The minimum atomic E-state index is -0.653. The number of nitrogens with zero attached hydrogens (tertiary/aromatic N) is 8. The number of carbonyl (C=O) groups is 3. The monoisotopic (exact) mass is 810 g/mol. The lowest BCUT2D eigenvalue weighted by Crippen LogP contribution is -2.48. The van der Waals surface area contributed by atoms with Crippen molar-refractivity contribution in [2.24, 2.45) is 17.2 Å². The fourth-order valence-electron chi connectivity index (χ4n) is 6.79. The number of aromatic nitrogens is 6. The molecule has 0 radical (unpaired) electrons. The summed E-state index contributed by atoms with van der Waals surface area (Å²) in [6.07, 6.45) is 9.43. The summed E-state index contributed by atoms with van der Waals surface area (Å²) < 4.78 is 8.44. The maximum atomic E-state index is 12.8. The molecule has 1 aliphatic carbocycles. The first kappa shape index (κ1) is 39.4. The molecule has 6 heterocycles. The second-order valence-corrected chi connectivity index (χ2v) is 16.1. The highest BCUT2D eigenvalue weighted by molar-refractivity contribution is 7.10. The number of amides is 3. The van der Waals surface area contributed by atoms with Crippen LogP contribution in [-0.4, -0.2) is 84.7 Å². The normalized spacial score (nSPS) is 17.9. The predicted octanol–water partition coefficient (Wildman–Crippen LogP) is 4.37. The molecule has 0 spiro atoms. The van der Waals surface area contributed by atoms with Crippen molar-refractivity contribution in [3.8, 4) is 0 Å². The zero-order valence-corrected chi connectivity index (χ0v) is 33.4. The average molecular weight is 811 g/mol. The first-order valence-electron chi connectivity index (χ1n) is 18.9. The Morgan fingerprint density at radius 3 is 1.74 bits per heavy atom. The standard InChI is InChI=1S/C24H27N7O2S.C14H19N7OS/c1-14-11-20(34-30-14)29-23-21(22(25)32)26-12-19(28-23)31-10-2-3-18(13-31)27-24(33)17-8-6-16(7-9-17)15-4-5-15;1-8-5-11(23-20-8)19-14-12(13(16)22)17-6-10(18-14)21-4-2-3-9(15)7-21/h6-9,11-12,15,18H,2-5,10,13H2,1H3,(H2,25,32)(H,27,33)(H,28,29);5-6,9H,2-4,7,15H2,1H3,(H2,16,22)(H,18,19)/t18-;9-/m11/s1. The van der Waals surface area contributed by atoms with Crippen molar-refractivity contribution in [1.82, 2.24) is 34.0 Å². The lowest BCUT2D eigenvalue weighted by molar-refractivity contribution is 0.0931. The van der Waals surface area contributed by atoms with E-state index in [0.717, 1.165) is 66.7 Å². The van der Waals surface area contributed by atoms with Crippen LogP contribution < -0.4 is 43.0 Å². The van der Waals surface area contributed by atoms with Crippen LogP contribution >= 0.6 is 23.1 Å². The molecular formula is C38H46N14O3S2. The van der Waals surface area contributed by atoms with Crippen LogP contribution in [0.2, 0.25) is 0 Å². The fraction of sp³-hybridized carbons (Fsp3) is 0.395. The average Bonchev–Trinajstić information content (AvgIpc) is 3.85. The third-order valence-electron chi connectivity index (χ3n) is 9.81. The topological polar surface area (TPSA) is 249 Å². The quantitative estimate of drug-likeness (QED) is 0.108. The van der Waals surface area contributed by atoms with Gasteiger partial charge in [0.2, 0.25) is 0 Å². The second-order valence-electron chi connectivity index (χ2n) is 14.5. The van der Waals surface area contributed by atoms with Crippen LogP contribution in [0, 0.1) is 13.8 Å². The van der Waals surface area contributed by atoms with Gasteiger partial charge >= 0.3 is 0 Å². The summed E-state index contributed by atoms with van der Waals surface area (Å²) in [5.41, 5.74) is 20.9. The largest absolute Gasteiger partial charge is 0.364 e. The maximum absolute atomic E-state index is 12.8. The van der Waals surface area contributed by atoms with Gasteiger partial charge in [-0.3, -0.25) is 14.4 Å². The molecule has 2 atom stereocenters. The summed E-state index contributed by atoms with van der Waals surface area (Å²) in [5, 5.41) is 10.9. The number of nitrogens with one attached hydrogen (secondary N) is 3. The number of aryl methyl sites for hydroxylation is 2. The highest BCUT2D eigenvalue weighted by Gasteiger charge is 2.27. The molecule has 17 nitrogen and oxygen atoms in total. The number of carbonyl (C=O) groups excluding carboxylic acids is 3. The number of anilines is 6. The Kier molecular flexibility index (Phi) is 12.2. The van der Waals surface area contributed by atoms with E-state index in [1.807, 2.05) is 38.1 Å². The molecule has 9 N–H and O–H groups in total. The van der Waals surface area contributed by atoms with Gasteiger partial charge in [-0.15, -0.1) is 0 Å². The molecule has 19 heteroatoms. The molecule has 5 aromatic rings. The number of hydrogen-bond acceptors (Lipinski definition) is 16. The number of rotatable bonds is 11.